The van der Waals surface area contributed by atoms with Gasteiger partial charge in [0.1, 0.15) is 0 Å². The van der Waals surface area contributed by atoms with E-state index < -0.39 is 0 Å². The highest BCUT2D eigenvalue weighted by Crippen LogP contribution is 2.20. The van der Waals surface area contributed by atoms with Crippen LogP contribution in [0.2, 0.25) is 0 Å². The minimum absolute atomic E-state index is 0.00914. The lowest BCUT2D eigenvalue weighted by Gasteiger charge is -2.08. The first-order valence-electron chi connectivity index (χ1n) is 4.69. The highest BCUT2D eigenvalue weighted by atomic mass is 127. The number of likely N-dealkylation sites (N-methyl/N-ethyl adjacent to an activating group) is 1. The molecule has 0 bridgehead atoms. The van der Waals surface area contributed by atoms with Gasteiger partial charge in [0.2, 0.25) is 5.91 Å². The predicted molar refractivity (Wildman–Crippen MR) is 70.7 cm³/mol. The molecule has 1 rings (SSSR count). The molecule has 1 aromatic carbocycles. The molecule has 0 aliphatic rings. The molecule has 0 aliphatic carbocycles. The summed E-state index contributed by atoms with van der Waals surface area (Å²) in [5, 5.41) is 5.77. The molecule has 0 saturated heterocycles. The Labute approximate surface area is 103 Å². The van der Waals surface area contributed by atoms with Gasteiger partial charge in [-0.3, -0.25) is 4.79 Å². The Morgan fingerprint density at radius 3 is 2.87 bits per heavy atom. The summed E-state index contributed by atoms with van der Waals surface area (Å²) in [4.78, 5) is 11.2. The molecule has 5 heteroatoms. The molecular weight excluding hydrogens is 305 g/mol. The topological polar surface area (TPSA) is 67.2 Å². The molecule has 1 amide bonds. The van der Waals surface area contributed by atoms with E-state index in [1.165, 1.54) is 0 Å². The Kier molecular flexibility index (Phi) is 4.67. The van der Waals surface area contributed by atoms with Crippen molar-refractivity contribution in [2.45, 2.75) is 6.92 Å². The molecule has 4 nitrogen and oxygen atoms in total. The predicted octanol–water partition coefficient (Wildman–Crippen LogP) is 1.42. The second kappa shape index (κ2) is 5.79. The van der Waals surface area contributed by atoms with Crippen molar-refractivity contribution in [1.82, 2.24) is 5.32 Å². The highest BCUT2D eigenvalue weighted by Gasteiger charge is 2.02. The van der Waals surface area contributed by atoms with Gasteiger partial charge in [0.25, 0.3) is 0 Å². The van der Waals surface area contributed by atoms with Crippen molar-refractivity contribution in [2.75, 3.05) is 24.1 Å². The Hall–Kier alpha value is -0.980. The zero-order valence-corrected chi connectivity index (χ0v) is 10.7. The summed E-state index contributed by atoms with van der Waals surface area (Å²) in [6.45, 7) is 2.83. The number of hydrogen-bond donors (Lipinski definition) is 3. The van der Waals surface area contributed by atoms with E-state index in [4.69, 9.17) is 5.73 Å². The lowest BCUT2D eigenvalue weighted by Crippen LogP contribution is -2.29. The summed E-state index contributed by atoms with van der Waals surface area (Å²) in [5.74, 6) is -0.00914. The SMILES string of the molecule is CCNC(=O)CNc1ccc(N)cc1I. The molecule has 0 spiro atoms. The molecule has 0 radical (unpaired) electrons. The minimum atomic E-state index is -0.00914. The molecule has 1 aromatic rings. The zero-order valence-electron chi connectivity index (χ0n) is 8.51. The van der Waals surface area contributed by atoms with Crippen LogP contribution in [0.4, 0.5) is 11.4 Å². The third-order valence-electron chi connectivity index (χ3n) is 1.81. The van der Waals surface area contributed by atoms with Gasteiger partial charge < -0.3 is 16.4 Å². The first-order valence-corrected chi connectivity index (χ1v) is 5.77. The third-order valence-corrected chi connectivity index (χ3v) is 2.70. The van der Waals surface area contributed by atoms with Gasteiger partial charge in [-0.25, -0.2) is 0 Å². The van der Waals surface area contributed by atoms with Crippen molar-refractivity contribution < 1.29 is 4.79 Å². The van der Waals surface area contributed by atoms with Crippen LogP contribution in [0.3, 0.4) is 0 Å². The molecule has 82 valence electrons. The van der Waals surface area contributed by atoms with E-state index in [1.807, 2.05) is 25.1 Å². The normalized spacial score (nSPS) is 9.73. The zero-order chi connectivity index (χ0) is 11.3. The summed E-state index contributed by atoms with van der Waals surface area (Å²) in [5.41, 5.74) is 7.27. The van der Waals surface area contributed by atoms with Crippen LogP contribution in [0, 0.1) is 3.57 Å². The summed E-state index contributed by atoms with van der Waals surface area (Å²) >= 11 is 2.18. The van der Waals surface area contributed by atoms with Crippen LogP contribution >= 0.6 is 22.6 Å². The number of amides is 1. The Balaban J connectivity index is 2.54. The van der Waals surface area contributed by atoms with Gasteiger partial charge in [-0.1, -0.05) is 0 Å². The lowest BCUT2D eigenvalue weighted by molar-refractivity contribution is -0.119. The van der Waals surface area contributed by atoms with Crippen LogP contribution in [-0.4, -0.2) is 19.0 Å². The number of anilines is 2. The number of benzene rings is 1. The molecule has 0 atom stereocenters. The van der Waals surface area contributed by atoms with E-state index in [2.05, 4.69) is 33.2 Å². The first-order chi connectivity index (χ1) is 7.13. The first kappa shape index (κ1) is 12.1. The minimum Gasteiger partial charge on any atom is -0.399 e. The van der Waals surface area contributed by atoms with E-state index in [0.29, 0.717) is 6.54 Å². The van der Waals surface area contributed by atoms with Gasteiger partial charge in [0.05, 0.1) is 6.54 Å². The van der Waals surface area contributed by atoms with Gasteiger partial charge in [0, 0.05) is 21.5 Å². The summed E-state index contributed by atoms with van der Waals surface area (Å²) in [6.07, 6.45) is 0. The Bertz CT molecular complexity index is 355. The van der Waals surface area contributed by atoms with E-state index in [-0.39, 0.29) is 12.5 Å². The maximum atomic E-state index is 11.2. The molecule has 0 unspecified atom stereocenters. The number of hydrogen-bond acceptors (Lipinski definition) is 3. The van der Waals surface area contributed by atoms with Gasteiger partial charge in [-0.2, -0.15) is 0 Å². The van der Waals surface area contributed by atoms with Crippen LogP contribution in [0.5, 0.6) is 0 Å². The monoisotopic (exact) mass is 319 g/mol. The quantitative estimate of drug-likeness (QED) is 0.581. The van der Waals surface area contributed by atoms with Crippen molar-refractivity contribution in [2.24, 2.45) is 0 Å². The summed E-state index contributed by atoms with van der Waals surface area (Å²) in [7, 11) is 0. The largest absolute Gasteiger partial charge is 0.399 e. The fourth-order valence-corrected chi connectivity index (χ4v) is 1.84. The Morgan fingerprint density at radius 2 is 2.27 bits per heavy atom. The maximum absolute atomic E-state index is 11.2. The highest BCUT2D eigenvalue weighted by molar-refractivity contribution is 14.1. The van der Waals surface area contributed by atoms with Gasteiger partial charge in [-0.15, -0.1) is 0 Å². The molecule has 0 fully saturated rings. The second-order valence-corrected chi connectivity index (χ2v) is 4.21. The van der Waals surface area contributed by atoms with Crippen molar-refractivity contribution >= 4 is 39.9 Å². The van der Waals surface area contributed by atoms with Crippen LogP contribution < -0.4 is 16.4 Å². The number of nitrogen functional groups attached to an aromatic ring is 1. The molecule has 0 heterocycles. The van der Waals surface area contributed by atoms with E-state index >= 15 is 0 Å². The number of halogens is 1. The summed E-state index contributed by atoms with van der Waals surface area (Å²) < 4.78 is 1.01. The van der Waals surface area contributed by atoms with E-state index in [1.54, 1.807) is 0 Å². The molecular formula is C10H14IN3O. The van der Waals surface area contributed by atoms with Crippen LogP contribution in [0.15, 0.2) is 18.2 Å². The molecule has 15 heavy (non-hydrogen) atoms. The van der Waals surface area contributed by atoms with Crippen molar-refractivity contribution in [3.8, 4) is 0 Å². The average Bonchev–Trinajstić information content (AvgIpc) is 2.17. The van der Waals surface area contributed by atoms with Crippen LogP contribution in [0.25, 0.3) is 0 Å². The molecule has 0 aromatic heterocycles. The number of nitrogens with two attached hydrogens (primary N) is 1. The van der Waals surface area contributed by atoms with Gasteiger partial charge in [0.15, 0.2) is 0 Å². The van der Waals surface area contributed by atoms with Crippen LogP contribution in [0.1, 0.15) is 6.92 Å². The number of nitrogens with one attached hydrogen (secondary N) is 2. The van der Waals surface area contributed by atoms with Crippen LogP contribution in [-0.2, 0) is 4.79 Å². The molecule has 0 aliphatic heterocycles. The molecule has 4 N–H and O–H groups in total. The average molecular weight is 319 g/mol. The van der Waals surface area contributed by atoms with Gasteiger partial charge >= 0.3 is 0 Å². The van der Waals surface area contributed by atoms with Gasteiger partial charge in [-0.05, 0) is 47.7 Å². The van der Waals surface area contributed by atoms with Crippen molar-refractivity contribution in [3.63, 3.8) is 0 Å². The smallest absolute Gasteiger partial charge is 0.239 e. The standard InChI is InChI=1S/C10H14IN3O/c1-2-13-10(15)6-14-9-4-3-7(12)5-8(9)11/h3-5,14H,2,6,12H2,1H3,(H,13,15). The summed E-state index contributed by atoms with van der Waals surface area (Å²) in [6, 6.07) is 5.54. The number of carbonyl (C=O) groups is 1. The van der Waals surface area contributed by atoms with Crippen molar-refractivity contribution in [3.05, 3.63) is 21.8 Å². The number of rotatable bonds is 4. The van der Waals surface area contributed by atoms with Crippen molar-refractivity contribution in [1.29, 1.82) is 0 Å². The van der Waals surface area contributed by atoms with E-state index in [9.17, 15) is 4.79 Å². The molecule has 0 saturated carbocycles. The maximum Gasteiger partial charge on any atom is 0.239 e. The second-order valence-electron chi connectivity index (χ2n) is 3.05. The van der Waals surface area contributed by atoms with E-state index in [0.717, 1.165) is 14.9 Å². The lowest BCUT2D eigenvalue weighted by atomic mass is 10.3. The third kappa shape index (κ3) is 3.94. The Morgan fingerprint density at radius 1 is 1.53 bits per heavy atom. The fourth-order valence-electron chi connectivity index (χ4n) is 1.11. The fraction of sp³-hybridized carbons (Fsp3) is 0.300. The number of carbonyl (C=O) groups excluding carboxylic acids is 1.